The van der Waals surface area contributed by atoms with Crippen molar-refractivity contribution in [3.05, 3.63) is 34.9 Å². The number of fused-ring (bicyclic) bond motifs is 1. The normalized spacial score (nSPS) is 27.1. The molecule has 1 N–H and O–H groups in total. The molecule has 122 valence electrons. The maximum absolute atomic E-state index is 5.59. The van der Waals surface area contributed by atoms with E-state index in [9.17, 15) is 0 Å². The van der Waals surface area contributed by atoms with E-state index in [0.29, 0.717) is 12.0 Å². The molecule has 1 saturated heterocycles. The van der Waals surface area contributed by atoms with Crippen LogP contribution in [0, 0.1) is 12.8 Å². The number of hydrogen-bond donors (Lipinski definition) is 1. The fourth-order valence-corrected chi connectivity index (χ4v) is 4.11. The molecule has 0 radical (unpaired) electrons. The number of ether oxygens (including phenoxy) is 1. The fraction of sp³-hybridized carbons (Fsp3) is 0.684. The highest BCUT2D eigenvalue weighted by atomic mass is 16.5. The van der Waals surface area contributed by atoms with E-state index >= 15 is 0 Å². The molecule has 2 aliphatic rings. The molecule has 3 nitrogen and oxygen atoms in total. The van der Waals surface area contributed by atoms with Gasteiger partial charge in [-0.1, -0.05) is 30.7 Å². The number of rotatable bonds is 4. The van der Waals surface area contributed by atoms with Gasteiger partial charge in [-0.05, 0) is 57.3 Å². The van der Waals surface area contributed by atoms with Gasteiger partial charge in [-0.3, -0.25) is 0 Å². The average molecular weight is 302 g/mol. The zero-order chi connectivity index (χ0) is 15.7. The van der Waals surface area contributed by atoms with Gasteiger partial charge < -0.3 is 15.0 Å². The van der Waals surface area contributed by atoms with Gasteiger partial charge in [-0.15, -0.1) is 0 Å². The van der Waals surface area contributed by atoms with Gasteiger partial charge in [-0.2, -0.15) is 0 Å². The molecule has 1 aliphatic heterocycles. The molecule has 0 spiro atoms. The minimum Gasteiger partial charge on any atom is -0.381 e. The van der Waals surface area contributed by atoms with Crippen molar-refractivity contribution < 1.29 is 4.74 Å². The van der Waals surface area contributed by atoms with E-state index in [4.69, 9.17) is 4.74 Å². The van der Waals surface area contributed by atoms with Crippen LogP contribution in [0.25, 0.3) is 0 Å². The van der Waals surface area contributed by atoms with Crippen molar-refractivity contribution in [2.24, 2.45) is 5.92 Å². The number of hydrogen-bond acceptors (Lipinski definition) is 3. The van der Waals surface area contributed by atoms with Crippen molar-refractivity contribution in [3.8, 4) is 0 Å². The topological polar surface area (TPSA) is 24.5 Å². The van der Waals surface area contributed by atoms with Gasteiger partial charge in [0.25, 0.3) is 0 Å². The second-order valence-electron chi connectivity index (χ2n) is 7.47. The maximum Gasteiger partial charge on any atom is 0.0484 e. The highest BCUT2D eigenvalue weighted by Crippen LogP contribution is 2.37. The lowest BCUT2D eigenvalue weighted by Crippen LogP contribution is -2.55. The van der Waals surface area contributed by atoms with Crippen LogP contribution in [0.3, 0.4) is 0 Å². The fourth-order valence-electron chi connectivity index (χ4n) is 4.11. The summed E-state index contributed by atoms with van der Waals surface area (Å²) >= 11 is 0. The van der Waals surface area contributed by atoms with E-state index in [1.165, 1.54) is 23.1 Å². The second-order valence-corrected chi connectivity index (χ2v) is 7.47. The number of aryl methyl sites for hydroxylation is 1. The predicted molar refractivity (Wildman–Crippen MR) is 91.3 cm³/mol. The van der Waals surface area contributed by atoms with Gasteiger partial charge in [0.2, 0.25) is 0 Å². The molecule has 0 saturated carbocycles. The third-order valence-electron chi connectivity index (χ3n) is 5.77. The number of likely N-dealkylation sites (N-methyl/N-ethyl adjacent to an activating group) is 1. The van der Waals surface area contributed by atoms with Crippen LogP contribution in [0.5, 0.6) is 0 Å². The molecule has 22 heavy (non-hydrogen) atoms. The van der Waals surface area contributed by atoms with Crippen molar-refractivity contribution in [1.29, 1.82) is 0 Å². The zero-order valence-corrected chi connectivity index (χ0v) is 14.5. The van der Waals surface area contributed by atoms with E-state index in [-0.39, 0.29) is 5.54 Å². The molecule has 1 fully saturated rings. The molecule has 3 heteroatoms. The molecule has 0 bridgehead atoms. The lowest BCUT2D eigenvalue weighted by atomic mass is 9.87. The van der Waals surface area contributed by atoms with Crippen LogP contribution in [0.15, 0.2) is 18.2 Å². The molecule has 1 heterocycles. The molecule has 0 amide bonds. The number of benzene rings is 1. The quantitative estimate of drug-likeness (QED) is 0.925. The lowest BCUT2D eigenvalue weighted by Gasteiger charge is -2.44. The Morgan fingerprint density at radius 1 is 1.27 bits per heavy atom. The summed E-state index contributed by atoms with van der Waals surface area (Å²) in [5.41, 5.74) is 4.66. The molecular weight excluding hydrogens is 272 g/mol. The second kappa shape index (κ2) is 6.31. The zero-order valence-electron chi connectivity index (χ0n) is 14.5. The average Bonchev–Trinajstić information content (AvgIpc) is 2.81. The Balaban J connectivity index is 1.74. The molecule has 1 aromatic rings. The van der Waals surface area contributed by atoms with Crippen LogP contribution in [-0.4, -0.2) is 44.3 Å². The van der Waals surface area contributed by atoms with Gasteiger partial charge in [0.05, 0.1) is 0 Å². The summed E-state index contributed by atoms with van der Waals surface area (Å²) in [7, 11) is 4.42. The summed E-state index contributed by atoms with van der Waals surface area (Å²) in [6, 6.07) is 7.43. The first kappa shape index (κ1) is 16.0. The van der Waals surface area contributed by atoms with Crippen LogP contribution >= 0.6 is 0 Å². The van der Waals surface area contributed by atoms with Crippen LogP contribution in [0.2, 0.25) is 0 Å². The predicted octanol–water partition coefficient (Wildman–Crippen LogP) is 2.93. The van der Waals surface area contributed by atoms with Crippen LogP contribution < -0.4 is 5.32 Å². The van der Waals surface area contributed by atoms with Gasteiger partial charge >= 0.3 is 0 Å². The summed E-state index contributed by atoms with van der Waals surface area (Å²) < 4.78 is 5.59. The van der Waals surface area contributed by atoms with E-state index in [1.807, 2.05) is 0 Å². The van der Waals surface area contributed by atoms with Gasteiger partial charge in [-0.25, -0.2) is 0 Å². The largest absolute Gasteiger partial charge is 0.381 e. The Morgan fingerprint density at radius 2 is 2.00 bits per heavy atom. The van der Waals surface area contributed by atoms with Crippen LogP contribution in [0.4, 0.5) is 0 Å². The summed E-state index contributed by atoms with van der Waals surface area (Å²) in [5.74, 6) is 0.677. The third-order valence-corrected chi connectivity index (χ3v) is 5.77. The van der Waals surface area contributed by atoms with Crippen molar-refractivity contribution in [2.45, 2.75) is 44.7 Å². The van der Waals surface area contributed by atoms with Gasteiger partial charge in [0, 0.05) is 31.3 Å². The van der Waals surface area contributed by atoms with E-state index in [0.717, 1.165) is 32.6 Å². The first-order valence-corrected chi connectivity index (χ1v) is 8.60. The van der Waals surface area contributed by atoms with Crippen molar-refractivity contribution in [1.82, 2.24) is 10.2 Å². The standard InChI is InChI=1S/C19H30N2O/c1-14-5-6-16-12-15(2)18(17(16)11-14)20-13-19(21(3)4)7-9-22-10-8-19/h5-6,11,15,18,20H,7-10,12-13H2,1-4H3/t15-,18+/m0/s1. The molecule has 3 rings (SSSR count). The van der Waals surface area contributed by atoms with Crippen molar-refractivity contribution in [2.75, 3.05) is 33.9 Å². The summed E-state index contributed by atoms with van der Waals surface area (Å²) in [5, 5.41) is 3.91. The smallest absolute Gasteiger partial charge is 0.0484 e. The van der Waals surface area contributed by atoms with E-state index in [2.05, 4.69) is 56.4 Å². The minimum absolute atomic E-state index is 0.241. The molecule has 2 atom stereocenters. The highest BCUT2D eigenvalue weighted by Gasteiger charge is 2.37. The van der Waals surface area contributed by atoms with E-state index < -0.39 is 0 Å². The van der Waals surface area contributed by atoms with Crippen molar-refractivity contribution >= 4 is 0 Å². The van der Waals surface area contributed by atoms with Gasteiger partial charge in [0.15, 0.2) is 0 Å². The van der Waals surface area contributed by atoms with Crippen molar-refractivity contribution in [3.63, 3.8) is 0 Å². The summed E-state index contributed by atoms with van der Waals surface area (Å²) in [6.45, 7) is 7.39. The molecule has 0 unspecified atom stereocenters. The Hall–Kier alpha value is -0.900. The Bertz CT molecular complexity index is 520. The van der Waals surface area contributed by atoms with E-state index in [1.54, 1.807) is 0 Å². The highest BCUT2D eigenvalue weighted by molar-refractivity contribution is 5.38. The Labute approximate surface area is 135 Å². The summed E-state index contributed by atoms with van der Waals surface area (Å²) in [4.78, 5) is 2.40. The summed E-state index contributed by atoms with van der Waals surface area (Å²) in [6.07, 6.45) is 3.44. The van der Waals surface area contributed by atoms with Crippen LogP contribution in [-0.2, 0) is 11.2 Å². The number of nitrogens with zero attached hydrogens (tertiary/aromatic N) is 1. The molecule has 1 aromatic carbocycles. The van der Waals surface area contributed by atoms with Crippen LogP contribution in [0.1, 0.15) is 42.5 Å². The molecular formula is C19H30N2O. The Kier molecular flexibility index (Phi) is 4.58. The first-order valence-electron chi connectivity index (χ1n) is 8.60. The maximum atomic E-state index is 5.59. The Morgan fingerprint density at radius 3 is 2.68 bits per heavy atom. The molecule has 0 aromatic heterocycles. The first-order chi connectivity index (χ1) is 10.5. The minimum atomic E-state index is 0.241. The lowest BCUT2D eigenvalue weighted by molar-refractivity contribution is -0.00886. The SMILES string of the molecule is Cc1ccc2c(c1)[C@H](NCC1(N(C)C)CCOCC1)[C@@H](C)C2. The monoisotopic (exact) mass is 302 g/mol. The van der Waals surface area contributed by atoms with Gasteiger partial charge in [0.1, 0.15) is 0 Å². The number of nitrogens with one attached hydrogen (secondary N) is 1. The molecule has 1 aliphatic carbocycles. The third kappa shape index (κ3) is 2.94.